The lowest BCUT2D eigenvalue weighted by Gasteiger charge is -2.31. The van der Waals surface area contributed by atoms with Crippen LogP contribution in [-0.2, 0) is 4.74 Å². The number of anilines is 1. The molecule has 0 bridgehead atoms. The van der Waals surface area contributed by atoms with Gasteiger partial charge in [-0.05, 0) is 62.4 Å². The fraction of sp³-hybridized carbons (Fsp3) is 0.409. The minimum absolute atomic E-state index is 0. The van der Waals surface area contributed by atoms with Crippen LogP contribution in [0.3, 0.4) is 0 Å². The molecule has 2 unspecified atom stereocenters. The van der Waals surface area contributed by atoms with Gasteiger partial charge >= 0.3 is 0 Å². The Bertz CT molecular complexity index is 774. The van der Waals surface area contributed by atoms with Gasteiger partial charge in [-0.2, -0.15) is 0 Å². The zero-order chi connectivity index (χ0) is 18.5. The zero-order valence-electron chi connectivity index (χ0n) is 16.4. The number of nitrogens with zero attached hydrogens (tertiary/aromatic N) is 1. The molecule has 2 aromatic rings. The van der Waals surface area contributed by atoms with Crippen molar-refractivity contribution in [1.82, 2.24) is 0 Å². The van der Waals surface area contributed by atoms with E-state index in [1.807, 2.05) is 6.07 Å². The van der Waals surface area contributed by atoms with Crippen LogP contribution in [0.4, 0.5) is 5.69 Å². The van der Waals surface area contributed by atoms with Crippen molar-refractivity contribution in [3.05, 3.63) is 64.7 Å². The van der Waals surface area contributed by atoms with Gasteiger partial charge in [0.2, 0.25) is 0 Å². The van der Waals surface area contributed by atoms with Gasteiger partial charge in [0.15, 0.2) is 5.96 Å². The standard InChI is InChI=1S/C22H29N3O.HI/c1-15-6-9-18(10-7-15)21-19(5-4-12-26-21)14-24-22(23)25-20-11-8-16(2)17(3)13-20;/h6-11,13,19,21H,4-5,12,14H2,1-3H3,(H3,23,24,25);1H. The van der Waals surface area contributed by atoms with E-state index < -0.39 is 0 Å². The summed E-state index contributed by atoms with van der Waals surface area (Å²) >= 11 is 0. The maximum absolute atomic E-state index is 6.11. The Balaban J connectivity index is 0.00000261. The highest BCUT2D eigenvalue weighted by molar-refractivity contribution is 14.0. The number of benzene rings is 2. The molecule has 1 aliphatic heterocycles. The van der Waals surface area contributed by atoms with Crippen molar-refractivity contribution in [3.63, 3.8) is 0 Å². The highest BCUT2D eigenvalue weighted by Gasteiger charge is 2.27. The molecule has 0 aromatic heterocycles. The molecule has 146 valence electrons. The van der Waals surface area contributed by atoms with Gasteiger partial charge in [-0.25, -0.2) is 0 Å². The first-order chi connectivity index (χ1) is 12.5. The number of guanidine groups is 1. The van der Waals surface area contributed by atoms with E-state index in [1.54, 1.807) is 0 Å². The number of aliphatic imine (C=N–C) groups is 1. The van der Waals surface area contributed by atoms with E-state index >= 15 is 0 Å². The van der Waals surface area contributed by atoms with Gasteiger partial charge in [0.05, 0.1) is 6.10 Å². The van der Waals surface area contributed by atoms with Crippen LogP contribution in [0.1, 0.15) is 41.2 Å². The molecule has 2 aromatic carbocycles. The normalized spacial score (nSPS) is 20.0. The molecule has 3 rings (SSSR count). The molecule has 1 saturated heterocycles. The number of ether oxygens (including phenoxy) is 1. The highest BCUT2D eigenvalue weighted by Crippen LogP contribution is 2.34. The largest absolute Gasteiger partial charge is 0.373 e. The molecule has 1 heterocycles. The summed E-state index contributed by atoms with van der Waals surface area (Å²) in [5.74, 6) is 0.813. The first-order valence-electron chi connectivity index (χ1n) is 9.35. The molecule has 0 aliphatic carbocycles. The number of hydrogen-bond acceptors (Lipinski definition) is 2. The van der Waals surface area contributed by atoms with E-state index in [4.69, 9.17) is 10.5 Å². The van der Waals surface area contributed by atoms with Crippen molar-refractivity contribution in [1.29, 1.82) is 0 Å². The molecule has 2 atom stereocenters. The Labute approximate surface area is 179 Å². The zero-order valence-corrected chi connectivity index (χ0v) is 18.7. The minimum atomic E-state index is 0. The average molecular weight is 479 g/mol. The minimum Gasteiger partial charge on any atom is -0.373 e. The van der Waals surface area contributed by atoms with Gasteiger partial charge < -0.3 is 15.8 Å². The van der Waals surface area contributed by atoms with Crippen molar-refractivity contribution in [2.24, 2.45) is 16.6 Å². The van der Waals surface area contributed by atoms with Crippen LogP contribution in [0.25, 0.3) is 0 Å². The molecule has 1 aliphatic rings. The molecule has 0 amide bonds. The Morgan fingerprint density at radius 3 is 2.56 bits per heavy atom. The number of hydrogen-bond donors (Lipinski definition) is 2. The number of aryl methyl sites for hydroxylation is 3. The Morgan fingerprint density at radius 2 is 1.85 bits per heavy atom. The molecule has 1 fully saturated rings. The topological polar surface area (TPSA) is 59.6 Å². The van der Waals surface area contributed by atoms with Crippen molar-refractivity contribution in [2.45, 2.75) is 39.7 Å². The first-order valence-corrected chi connectivity index (χ1v) is 9.35. The third kappa shape index (κ3) is 5.94. The molecule has 4 nitrogen and oxygen atoms in total. The fourth-order valence-corrected chi connectivity index (χ4v) is 3.38. The number of rotatable bonds is 4. The molecule has 27 heavy (non-hydrogen) atoms. The van der Waals surface area contributed by atoms with Crippen molar-refractivity contribution in [3.8, 4) is 0 Å². The Kier molecular flexibility index (Phi) is 8.10. The quantitative estimate of drug-likeness (QED) is 0.364. The SMILES string of the molecule is Cc1ccc(C2OCCCC2CN=C(N)Nc2ccc(C)c(C)c2)cc1.I. The lowest BCUT2D eigenvalue weighted by Crippen LogP contribution is -2.28. The van der Waals surface area contributed by atoms with Gasteiger partial charge in [0.25, 0.3) is 0 Å². The molecule has 3 N–H and O–H groups in total. The van der Waals surface area contributed by atoms with E-state index in [9.17, 15) is 0 Å². The second-order valence-electron chi connectivity index (χ2n) is 7.25. The van der Waals surface area contributed by atoms with E-state index in [2.05, 4.69) is 67.5 Å². The summed E-state index contributed by atoms with van der Waals surface area (Å²) < 4.78 is 6.07. The number of halogens is 1. The van der Waals surface area contributed by atoms with Crippen LogP contribution >= 0.6 is 24.0 Å². The van der Waals surface area contributed by atoms with E-state index in [0.29, 0.717) is 18.4 Å². The summed E-state index contributed by atoms with van der Waals surface area (Å²) in [6.07, 6.45) is 2.29. The number of nitrogens with two attached hydrogens (primary N) is 1. The predicted molar refractivity (Wildman–Crippen MR) is 124 cm³/mol. The predicted octanol–water partition coefficient (Wildman–Crippen LogP) is 5.12. The maximum Gasteiger partial charge on any atom is 0.193 e. The Hall–Kier alpha value is -1.60. The summed E-state index contributed by atoms with van der Waals surface area (Å²) in [6, 6.07) is 14.8. The van der Waals surface area contributed by atoms with Crippen LogP contribution in [0.15, 0.2) is 47.5 Å². The summed E-state index contributed by atoms with van der Waals surface area (Å²) in [4.78, 5) is 4.59. The van der Waals surface area contributed by atoms with Crippen LogP contribution in [-0.4, -0.2) is 19.1 Å². The van der Waals surface area contributed by atoms with Gasteiger partial charge in [-0.15, -0.1) is 24.0 Å². The summed E-state index contributed by atoms with van der Waals surface area (Å²) in [5.41, 5.74) is 12.1. The van der Waals surface area contributed by atoms with Crippen LogP contribution in [0, 0.1) is 26.7 Å². The smallest absolute Gasteiger partial charge is 0.193 e. The fourth-order valence-electron chi connectivity index (χ4n) is 3.38. The maximum atomic E-state index is 6.11. The molecular weight excluding hydrogens is 449 g/mol. The van der Waals surface area contributed by atoms with Gasteiger partial charge in [0.1, 0.15) is 0 Å². The lowest BCUT2D eigenvalue weighted by atomic mass is 9.89. The van der Waals surface area contributed by atoms with Crippen molar-refractivity contribution < 1.29 is 4.74 Å². The second kappa shape index (κ2) is 10.1. The van der Waals surface area contributed by atoms with Gasteiger partial charge in [-0.3, -0.25) is 4.99 Å². The molecular formula is C22H30IN3O. The first kappa shape index (κ1) is 21.7. The molecule has 5 heteroatoms. The molecule has 0 spiro atoms. The summed E-state index contributed by atoms with van der Waals surface area (Å²) in [7, 11) is 0. The van der Waals surface area contributed by atoms with E-state index in [1.165, 1.54) is 22.3 Å². The Morgan fingerprint density at radius 1 is 1.11 bits per heavy atom. The monoisotopic (exact) mass is 479 g/mol. The highest BCUT2D eigenvalue weighted by atomic mass is 127. The summed E-state index contributed by atoms with van der Waals surface area (Å²) in [5, 5.41) is 3.20. The third-order valence-corrected chi connectivity index (χ3v) is 5.13. The van der Waals surface area contributed by atoms with E-state index in [0.717, 1.165) is 25.1 Å². The van der Waals surface area contributed by atoms with Crippen molar-refractivity contribution >= 4 is 35.6 Å². The number of nitrogens with one attached hydrogen (secondary N) is 1. The van der Waals surface area contributed by atoms with Crippen LogP contribution in [0.2, 0.25) is 0 Å². The second-order valence-corrected chi connectivity index (χ2v) is 7.25. The van der Waals surface area contributed by atoms with Crippen LogP contribution < -0.4 is 11.1 Å². The summed E-state index contributed by atoms with van der Waals surface area (Å²) in [6.45, 7) is 7.79. The lowest BCUT2D eigenvalue weighted by molar-refractivity contribution is -0.0250. The molecule has 0 saturated carbocycles. The van der Waals surface area contributed by atoms with Crippen LogP contribution in [0.5, 0.6) is 0 Å². The van der Waals surface area contributed by atoms with E-state index in [-0.39, 0.29) is 30.1 Å². The van der Waals surface area contributed by atoms with Crippen molar-refractivity contribution in [2.75, 3.05) is 18.5 Å². The third-order valence-electron chi connectivity index (χ3n) is 5.13. The van der Waals surface area contributed by atoms with Gasteiger partial charge in [-0.1, -0.05) is 35.9 Å². The average Bonchev–Trinajstić information content (AvgIpc) is 2.64. The molecule has 0 radical (unpaired) electrons. The van der Waals surface area contributed by atoms with Gasteiger partial charge in [0, 0.05) is 24.8 Å².